The minimum Gasteiger partial charge on any atom is -0.395 e. The third kappa shape index (κ3) is 2.67. The Morgan fingerprint density at radius 3 is 2.35 bits per heavy atom. The van der Waals surface area contributed by atoms with Crippen LogP contribution in [0.1, 0.15) is 25.3 Å². The maximum absolute atomic E-state index is 12.4. The van der Waals surface area contributed by atoms with E-state index in [0.717, 1.165) is 0 Å². The van der Waals surface area contributed by atoms with Gasteiger partial charge in [-0.2, -0.15) is 4.31 Å². The highest BCUT2D eigenvalue weighted by Crippen LogP contribution is 2.24. The summed E-state index contributed by atoms with van der Waals surface area (Å²) in [6.45, 7) is 6.49. The average molecular weight is 262 g/mol. The second-order valence-corrected chi connectivity index (χ2v) is 5.91. The average Bonchev–Trinajstić information content (AvgIpc) is 2.54. The lowest BCUT2D eigenvalue weighted by Gasteiger charge is -2.24. The number of hydrogen-bond donors (Lipinski definition) is 1. The molecule has 0 aliphatic rings. The molecule has 0 radical (unpaired) electrons. The van der Waals surface area contributed by atoms with E-state index in [0.29, 0.717) is 5.69 Å². The summed E-state index contributed by atoms with van der Waals surface area (Å²) in [6.07, 6.45) is 0. The SMILES string of the molecule is Cc1noc(C)c1S(=O)(=O)N(CCO)C(C)C. The molecule has 1 aromatic heterocycles. The minimum absolute atomic E-state index is 0.0596. The Labute approximate surface area is 101 Å². The molecular formula is C10H18N2O4S. The molecule has 0 aromatic carbocycles. The highest BCUT2D eigenvalue weighted by Gasteiger charge is 2.32. The van der Waals surface area contributed by atoms with Gasteiger partial charge in [0.25, 0.3) is 0 Å². The van der Waals surface area contributed by atoms with Crippen LogP contribution in [0.5, 0.6) is 0 Å². The van der Waals surface area contributed by atoms with Crippen LogP contribution in [0.25, 0.3) is 0 Å². The quantitative estimate of drug-likeness (QED) is 0.843. The molecule has 1 N–H and O–H groups in total. The first-order valence-corrected chi connectivity index (χ1v) is 6.82. The van der Waals surface area contributed by atoms with E-state index in [1.54, 1.807) is 27.7 Å². The van der Waals surface area contributed by atoms with Crippen LogP contribution in [-0.4, -0.2) is 42.2 Å². The van der Waals surface area contributed by atoms with Gasteiger partial charge in [-0.3, -0.25) is 0 Å². The lowest BCUT2D eigenvalue weighted by molar-refractivity contribution is 0.236. The van der Waals surface area contributed by atoms with Crippen LogP contribution in [0.15, 0.2) is 9.42 Å². The molecular weight excluding hydrogens is 244 g/mol. The van der Waals surface area contributed by atoms with E-state index in [1.165, 1.54) is 4.31 Å². The normalized spacial score (nSPS) is 12.6. The monoisotopic (exact) mass is 262 g/mol. The van der Waals surface area contributed by atoms with Crippen molar-refractivity contribution in [2.24, 2.45) is 0 Å². The van der Waals surface area contributed by atoms with Gasteiger partial charge in [0.2, 0.25) is 10.0 Å². The molecule has 0 aliphatic carbocycles. The predicted octanol–water partition coefficient (Wildman–Crippen LogP) is 0.683. The molecule has 1 aromatic rings. The van der Waals surface area contributed by atoms with Gasteiger partial charge in [-0.15, -0.1) is 0 Å². The number of hydrogen-bond acceptors (Lipinski definition) is 5. The van der Waals surface area contributed by atoms with E-state index in [2.05, 4.69) is 5.16 Å². The molecule has 1 heterocycles. The second-order valence-electron chi connectivity index (χ2n) is 4.09. The highest BCUT2D eigenvalue weighted by molar-refractivity contribution is 7.89. The molecule has 0 bridgehead atoms. The first kappa shape index (κ1) is 14.1. The lowest BCUT2D eigenvalue weighted by Crippen LogP contribution is -2.39. The maximum atomic E-state index is 12.4. The largest absolute Gasteiger partial charge is 0.395 e. The fraction of sp³-hybridized carbons (Fsp3) is 0.700. The summed E-state index contributed by atoms with van der Waals surface area (Å²) in [5.74, 6) is 0.270. The number of aliphatic hydroxyl groups is 1. The van der Waals surface area contributed by atoms with Crippen molar-refractivity contribution in [1.82, 2.24) is 9.46 Å². The van der Waals surface area contributed by atoms with Gasteiger partial charge >= 0.3 is 0 Å². The third-order valence-corrected chi connectivity index (χ3v) is 4.75. The van der Waals surface area contributed by atoms with Crippen molar-refractivity contribution in [2.75, 3.05) is 13.2 Å². The van der Waals surface area contributed by atoms with Gasteiger partial charge in [0.05, 0.1) is 6.61 Å². The molecule has 0 aliphatic heterocycles. The molecule has 0 saturated heterocycles. The van der Waals surface area contributed by atoms with Crippen LogP contribution in [0.3, 0.4) is 0 Å². The lowest BCUT2D eigenvalue weighted by atomic mass is 10.4. The fourth-order valence-corrected chi connectivity index (χ4v) is 3.64. The number of nitrogens with zero attached hydrogens (tertiary/aromatic N) is 2. The van der Waals surface area contributed by atoms with Gasteiger partial charge in [-0.25, -0.2) is 8.42 Å². The second kappa shape index (κ2) is 5.16. The molecule has 0 atom stereocenters. The highest BCUT2D eigenvalue weighted by atomic mass is 32.2. The van der Waals surface area contributed by atoms with E-state index in [9.17, 15) is 8.42 Å². The Hall–Kier alpha value is -0.920. The summed E-state index contributed by atoms with van der Waals surface area (Å²) in [5.41, 5.74) is 0.339. The summed E-state index contributed by atoms with van der Waals surface area (Å²) in [5, 5.41) is 12.6. The predicted molar refractivity (Wildman–Crippen MR) is 62.1 cm³/mol. The van der Waals surface area contributed by atoms with Crippen molar-refractivity contribution < 1.29 is 18.0 Å². The molecule has 0 saturated carbocycles. The van der Waals surface area contributed by atoms with Gasteiger partial charge in [-0.05, 0) is 27.7 Å². The summed E-state index contributed by atoms with van der Waals surface area (Å²) < 4.78 is 30.9. The fourth-order valence-electron chi connectivity index (χ4n) is 1.71. The molecule has 6 nitrogen and oxygen atoms in total. The number of sulfonamides is 1. The van der Waals surface area contributed by atoms with Crippen molar-refractivity contribution in [3.8, 4) is 0 Å². The molecule has 0 spiro atoms. The standard InChI is InChI=1S/C10H18N2O4S/c1-7(2)12(5-6-13)17(14,15)10-8(3)11-16-9(10)4/h7,13H,5-6H2,1-4H3. The molecule has 17 heavy (non-hydrogen) atoms. The topological polar surface area (TPSA) is 83.6 Å². The zero-order valence-corrected chi connectivity index (χ0v) is 11.3. The Bertz CT molecular complexity index is 459. The van der Waals surface area contributed by atoms with Crippen LogP contribution in [0.2, 0.25) is 0 Å². The smallest absolute Gasteiger partial charge is 0.248 e. The Kier molecular flexibility index (Phi) is 4.29. The number of aliphatic hydroxyl groups excluding tert-OH is 1. The van der Waals surface area contributed by atoms with E-state index in [-0.39, 0.29) is 29.8 Å². The zero-order chi connectivity index (χ0) is 13.2. The first-order chi connectivity index (χ1) is 7.82. The maximum Gasteiger partial charge on any atom is 0.248 e. The molecule has 1 rings (SSSR count). The van der Waals surface area contributed by atoms with E-state index in [4.69, 9.17) is 9.63 Å². The van der Waals surface area contributed by atoms with E-state index in [1.807, 2.05) is 0 Å². The van der Waals surface area contributed by atoms with Crippen LogP contribution in [0.4, 0.5) is 0 Å². The number of rotatable bonds is 5. The number of aromatic nitrogens is 1. The van der Waals surface area contributed by atoms with Gasteiger partial charge in [0.1, 0.15) is 10.6 Å². The van der Waals surface area contributed by atoms with Crippen molar-refractivity contribution in [3.05, 3.63) is 11.5 Å². The molecule has 0 unspecified atom stereocenters. The van der Waals surface area contributed by atoms with Crippen LogP contribution in [-0.2, 0) is 10.0 Å². The zero-order valence-electron chi connectivity index (χ0n) is 10.5. The Morgan fingerprint density at radius 2 is 2.00 bits per heavy atom. The Balaban J connectivity index is 3.26. The summed E-state index contributed by atoms with van der Waals surface area (Å²) >= 11 is 0. The van der Waals surface area contributed by atoms with Gasteiger partial charge in [0.15, 0.2) is 5.76 Å². The van der Waals surface area contributed by atoms with Crippen LogP contribution >= 0.6 is 0 Å². The molecule has 7 heteroatoms. The molecule has 0 amide bonds. The van der Waals surface area contributed by atoms with Crippen molar-refractivity contribution in [3.63, 3.8) is 0 Å². The van der Waals surface area contributed by atoms with Gasteiger partial charge in [0, 0.05) is 12.6 Å². The Morgan fingerprint density at radius 1 is 1.41 bits per heavy atom. The molecule has 0 fully saturated rings. The summed E-state index contributed by atoms with van der Waals surface area (Å²) in [6, 6.07) is -0.235. The van der Waals surface area contributed by atoms with Crippen molar-refractivity contribution in [2.45, 2.75) is 38.6 Å². The summed E-state index contributed by atoms with van der Waals surface area (Å²) in [7, 11) is -3.66. The van der Waals surface area contributed by atoms with Gasteiger partial charge < -0.3 is 9.63 Å². The van der Waals surface area contributed by atoms with Crippen LogP contribution in [0, 0.1) is 13.8 Å². The summed E-state index contributed by atoms with van der Waals surface area (Å²) in [4.78, 5) is 0.0969. The van der Waals surface area contributed by atoms with Crippen LogP contribution < -0.4 is 0 Å². The van der Waals surface area contributed by atoms with E-state index >= 15 is 0 Å². The number of aryl methyl sites for hydroxylation is 2. The van der Waals surface area contributed by atoms with E-state index < -0.39 is 10.0 Å². The minimum atomic E-state index is -3.66. The van der Waals surface area contributed by atoms with Gasteiger partial charge in [-0.1, -0.05) is 5.16 Å². The van der Waals surface area contributed by atoms with Crippen molar-refractivity contribution in [1.29, 1.82) is 0 Å². The van der Waals surface area contributed by atoms with Crippen molar-refractivity contribution >= 4 is 10.0 Å². The molecule has 98 valence electrons. The first-order valence-electron chi connectivity index (χ1n) is 5.38. The third-order valence-electron chi connectivity index (χ3n) is 2.43.